The fourth-order valence-electron chi connectivity index (χ4n) is 5.85. The highest BCUT2D eigenvalue weighted by Crippen LogP contribution is 2.53. The Morgan fingerprint density at radius 3 is 2.50 bits per heavy atom. The lowest BCUT2D eigenvalue weighted by molar-refractivity contribution is 0.204. The molecule has 2 aliphatic rings. The van der Waals surface area contributed by atoms with Crippen molar-refractivity contribution >= 4 is 27.6 Å². The van der Waals surface area contributed by atoms with Crippen LogP contribution >= 0.6 is 0 Å². The standard InChI is InChI=1S/C24H29NO/c1-17-11-12-19-18-9-5-6-10-20(18)26-22(19)21(17)25-16-24(15-23(25,2)3)13-7-4-8-14-24/h5-6,9-12H,4,7-8,13-16H2,1-3H3. The zero-order chi connectivity index (χ0) is 17.9. The van der Waals surface area contributed by atoms with E-state index >= 15 is 0 Å². The SMILES string of the molecule is Cc1ccc2c(oc3ccccc32)c1N1CC2(CCCCC2)CC1(C)C. The number of para-hydroxylation sites is 1. The van der Waals surface area contributed by atoms with E-state index in [1.807, 2.05) is 0 Å². The van der Waals surface area contributed by atoms with Crippen LogP contribution in [-0.2, 0) is 0 Å². The molecule has 0 bridgehead atoms. The Morgan fingerprint density at radius 1 is 0.923 bits per heavy atom. The zero-order valence-electron chi connectivity index (χ0n) is 16.3. The van der Waals surface area contributed by atoms with Crippen molar-refractivity contribution < 1.29 is 4.42 Å². The van der Waals surface area contributed by atoms with Gasteiger partial charge in [-0.2, -0.15) is 0 Å². The first kappa shape index (κ1) is 16.2. The average molecular weight is 348 g/mol. The van der Waals surface area contributed by atoms with Crippen LogP contribution in [0.15, 0.2) is 40.8 Å². The summed E-state index contributed by atoms with van der Waals surface area (Å²) in [6, 6.07) is 13.0. The number of fused-ring (bicyclic) bond motifs is 3. The van der Waals surface area contributed by atoms with Gasteiger partial charge in [-0.25, -0.2) is 0 Å². The van der Waals surface area contributed by atoms with Gasteiger partial charge in [-0.15, -0.1) is 0 Å². The maximum atomic E-state index is 6.40. The van der Waals surface area contributed by atoms with Crippen LogP contribution in [-0.4, -0.2) is 12.1 Å². The van der Waals surface area contributed by atoms with Gasteiger partial charge in [-0.3, -0.25) is 0 Å². The molecule has 1 aromatic heterocycles. The second-order valence-electron chi connectivity index (χ2n) is 9.34. The normalized spacial score (nSPS) is 21.9. The Balaban J connectivity index is 1.69. The quantitative estimate of drug-likeness (QED) is 0.479. The minimum Gasteiger partial charge on any atom is -0.454 e. The molecule has 5 rings (SSSR count). The maximum absolute atomic E-state index is 6.40. The molecule has 1 aliphatic heterocycles. The smallest absolute Gasteiger partial charge is 0.158 e. The number of rotatable bonds is 1. The lowest BCUT2D eigenvalue weighted by Crippen LogP contribution is -2.38. The number of benzene rings is 2. The molecule has 1 saturated heterocycles. The Hall–Kier alpha value is -1.96. The van der Waals surface area contributed by atoms with Crippen LogP contribution in [0.2, 0.25) is 0 Å². The summed E-state index contributed by atoms with van der Waals surface area (Å²) < 4.78 is 6.40. The first-order valence-electron chi connectivity index (χ1n) is 10.2. The van der Waals surface area contributed by atoms with Crippen molar-refractivity contribution in [3.63, 3.8) is 0 Å². The largest absolute Gasteiger partial charge is 0.454 e. The number of anilines is 1. The Morgan fingerprint density at radius 2 is 1.69 bits per heavy atom. The van der Waals surface area contributed by atoms with Gasteiger partial charge in [0.15, 0.2) is 5.58 Å². The van der Waals surface area contributed by atoms with Crippen molar-refractivity contribution in [1.29, 1.82) is 0 Å². The fraction of sp³-hybridized carbons (Fsp3) is 0.500. The molecule has 1 aliphatic carbocycles. The molecule has 0 radical (unpaired) electrons. The first-order valence-corrected chi connectivity index (χ1v) is 10.2. The van der Waals surface area contributed by atoms with Crippen molar-refractivity contribution in [3.05, 3.63) is 42.0 Å². The minimum absolute atomic E-state index is 0.176. The molecule has 0 N–H and O–H groups in total. The molecule has 2 aromatic carbocycles. The molecule has 0 atom stereocenters. The third-order valence-corrected chi connectivity index (χ3v) is 6.94. The van der Waals surface area contributed by atoms with E-state index in [2.05, 4.69) is 62.1 Å². The van der Waals surface area contributed by atoms with Gasteiger partial charge < -0.3 is 9.32 Å². The van der Waals surface area contributed by atoms with Crippen LogP contribution in [0, 0.1) is 12.3 Å². The van der Waals surface area contributed by atoms with Gasteiger partial charge in [-0.1, -0.05) is 49.6 Å². The minimum atomic E-state index is 0.176. The lowest BCUT2D eigenvalue weighted by atomic mass is 9.71. The second kappa shape index (κ2) is 5.52. The van der Waals surface area contributed by atoms with Crippen LogP contribution < -0.4 is 4.90 Å². The predicted molar refractivity (Wildman–Crippen MR) is 110 cm³/mol. The third-order valence-electron chi connectivity index (χ3n) is 6.94. The van der Waals surface area contributed by atoms with Gasteiger partial charge in [0, 0.05) is 22.9 Å². The van der Waals surface area contributed by atoms with Crippen molar-refractivity contribution in [3.8, 4) is 0 Å². The average Bonchev–Trinajstić information content (AvgIpc) is 3.10. The van der Waals surface area contributed by atoms with E-state index < -0.39 is 0 Å². The van der Waals surface area contributed by atoms with Crippen LogP contribution in [0.5, 0.6) is 0 Å². The highest BCUT2D eigenvalue weighted by Gasteiger charge is 2.49. The summed E-state index contributed by atoms with van der Waals surface area (Å²) in [7, 11) is 0. The summed E-state index contributed by atoms with van der Waals surface area (Å²) in [5.74, 6) is 0. The summed E-state index contributed by atoms with van der Waals surface area (Å²) in [5, 5.41) is 2.48. The van der Waals surface area contributed by atoms with E-state index in [4.69, 9.17) is 4.42 Å². The van der Waals surface area contributed by atoms with Gasteiger partial charge in [0.25, 0.3) is 0 Å². The Labute approximate surface area is 156 Å². The van der Waals surface area contributed by atoms with Crippen LogP contribution in [0.1, 0.15) is 57.9 Å². The molecule has 0 amide bonds. The molecule has 2 heterocycles. The van der Waals surface area contributed by atoms with Crippen molar-refractivity contribution in [2.45, 2.75) is 64.8 Å². The van der Waals surface area contributed by atoms with Crippen LogP contribution in [0.25, 0.3) is 21.9 Å². The highest BCUT2D eigenvalue weighted by molar-refractivity contribution is 6.09. The summed E-state index contributed by atoms with van der Waals surface area (Å²) in [5.41, 5.74) is 5.41. The van der Waals surface area contributed by atoms with E-state index in [-0.39, 0.29) is 5.54 Å². The number of hydrogen-bond donors (Lipinski definition) is 0. The maximum Gasteiger partial charge on any atom is 0.158 e. The van der Waals surface area contributed by atoms with E-state index in [0.29, 0.717) is 5.41 Å². The topological polar surface area (TPSA) is 16.4 Å². The Kier molecular flexibility index (Phi) is 3.44. The monoisotopic (exact) mass is 347 g/mol. The van der Waals surface area contributed by atoms with Crippen molar-refractivity contribution in [1.82, 2.24) is 0 Å². The van der Waals surface area contributed by atoms with Gasteiger partial charge in [0.1, 0.15) is 5.58 Å². The third kappa shape index (κ3) is 2.31. The molecule has 1 spiro atoms. The van der Waals surface area contributed by atoms with E-state index in [1.165, 1.54) is 67.1 Å². The van der Waals surface area contributed by atoms with Gasteiger partial charge in [-0.05, 0) is 57.1 Å². The second-order valence-corrected chi connectivity index (χ2v) is 9.34. The lowest BCUT2D eigenvalue weighted by Gasteiger charge is -2.35. The van der Waals surface area contributed by atoms with E-state index in [0.717, 1.165) is 11.2 Å². The van der Waals surface area contributed by atoms with E-state index in [1.54, 1.807) is 0 Å². The van der Waals surface area contributed by atoms with Crippen molar-refractivity contribution in [2.75, 3.05) is 11.4 Å². The number of nitrogens with zero attached hydrogens (tertiary/aromatic N) is 1. The first-order chi connectivity index (χ1) is 12.5. The van der Waals surface area contributed by atoms with E-state index in [9.17, 15) is 0 Å². The van der Waals surface area contributed by atoms with Gasteiger partial charge in [0.2, 0.25) is 0 Å². The molecule has 2 heteroatoms. The number of furan rings is 1. The molecule has 0 unspecified atom stereocenters. The van der Waals surface area contributed by atoms with Crippen LogP contribution in [0.3, 0.4) is 0 Å². The van der Waals surface area contributed by atoms with Crippen LogP contribution in [0.4, 0.5) is 5.69 Å². The Bertz CT molecular complexity index is 974. The summed E-state index contributed by atoms with van der Waals surface area (Å²) in [6.45, 7) is 8.27. The molecular formula is C24H29NO. The molecule has 136 valence electrons. The number of aryl methyl sites for hydroxylation is 1. The summed E-state index contributed by atoms with van der Waals surface area (Å²) >= 11 is 0. The number of hydrogen-bond acceptors (Lipinski definition) is 2. The summed E-state index contributed by atoms with van der Waals surface area (Å²) in [6.07, 6.45) is 8.30. The summed E-state index contributed by atoms with van der Waals surface area (Å²) in [4.78, 5) is 2.68. The molecule has 26 heavy (non-hydrogen) atoms. The highest BCUT2D eigenvalue weighted by atomic mass is 16.3. The van der Waals surface area contributed by atoms with Gasteiger partial charge in [0.05, 0.1) is 5.69 Å². The zero-order valence-corrected chi connectivity index (χ0v) is 16.3. The molecule has 3 aromatic rings. The fourth-order valence-corrected chi connectivity index (χ4v) is 5.85. The molecule has 1 saturated carbocycles. The molecular weight excluding hydrogens is 318 g/mol. The van der Waals surface area contributed by atoms with Crippen molar-refractivity contribution in [2.24, 2.45) is 5.41 Å². The predicted octanol–water partition coefficient (Wildman–Crippen LogP) is 6.83. The molecule has 2 nitrogen and oxygen atoms in total. The van der Waals surface area contributed by atoms with Gasteiger partial charge >= 0.3 is 0 Å². The molecule has 2 fully saturated rings.